The molecule has 0 fully saturated rings. The largest absolute Gasteiger partial charge is 0.493 e. The smallest absolute Gasteiger partial charge is 0.335 e. The summed E-state index contributed by atoms with van der Waals surface area (Å²) in [5.41, 5.74) is 2.56. The van der Waals surface area contributed by atoms with Gasteiger partial charge in [-0.2, -0.15) is 0 Å². The Kier molecular flexibility index (Phi) is 5.21. The second-order valence-electron chi connectivity index (χ2n) is 7.87. The molecule has 1 aliphatic rings. The van der Waals surface area contributed by atoms with E-state index < -0.39 is 12.1 Å². The van der Waals surface area contributed by atoms with Crippen molar-refractivity contribution in [3.05, 3.63) is 95.6 Å². The number of hydrogen-bond acceptors (Lipinski definition) is 5. The molecule has 160 valence electrons. The lowest BCUT2D eigenvalue weighted by Crippen LogP contribution is -2.27. The van der Waals surface area contributed by atoms with E-state index in [1.165, 1.54) is 0 Å². The van der Waals surface area contributed by atoms with E-state index in [1.54, 1.807) is 36.4 Å². The number of para-hydroxylation sites is 1. The molecule has 0 aliphatic carbocycles. The summed E-state index contributed by atoms with van der Waals surface area (Å²) in [6, 6.07) is 23.7. The summed E-state index contributed by atoms with van der Waals surface area (Å²) in [5, 5.41) is 21.3. The van der Waals surface area contributed by atoms with E-state index in [-0.39, 0.29) is 11.5 Å². The van der Waals surface area contributed by atoms with Gasteiger partial charge in [0.2, 0.25) is 5.88 Å². The summed E-state index contributed by atoms with van der Waals surface area (Å²) in [4.78, 5) is 15.8. The SMILES string of the molecule is O=C(O)c1cccc(CC2COc3ccc(Oc4ccc5ccccc5n4)cc3C2O)c1. The molecule has 0 bridgehead atoms. The maximum atomic E-state index is 11.2. The first-order chi connectivity index (χ1) is 15.6. The van der Waals surface area contributed by atoms with Crippen LogP contribution in [0.2, 0.25) is 0 Å². The van der Waals surface area contributed by atoms with Crippen molar-refractivity contribution in [3.8, 4) is 17.4 Å². The summed E-state index contributed by atoms with van der Waals surface area (Å²) < 4.78 is 11.8. The second kappa shape index (κ2) is 8.32. The topological polar surface area (TPSA) is 88.9 Å². The van der Waals surface area contributed by atoms with E-state index in [0.717, 1.165) is 16.5 Å². The van der Waals surface area contributed by atoms with Gasteiger partial charge in [0.25, 0.3) is 0 Å². The fourth-order valence-electron chi connectivity index (χ4n) is 4.02. The van der Waals surface area contributed by atoms with Gasteiger partial charge in [-0.1, -0.05) is 30.3 Å². The number of aromatic carboxylic acids is 1. The quantitative estimate of drug-likeness (QED) is 0.465. The van der Waals surface area contributed by atoms with Crippen molar-refractivity contribution in [2.75, 3.05) is 6.61 Å². The molecule has 1 aromatic heterocycles. The van der Waals surface area contributed by atoms with Gasteiger partial charge in [0, 0.05) is 22.9 Å². The number of hydrogen-bond donors (Lipinski definition) is 2. The van der Waals surface area contributed by atoms with Gasteiger partial charge in [-0.05, 0) is 54.4 Å². The minimum Gasteiger partial charge on any atom is -0.493 e. The van der Waals surface area contributed by atoms with Crippen LogP contribution in [0.3, 0.4) is 0 Å². The zero-order chi connectivity index (χ0) is 22.1. The lowest BCUT2D eigenvalue weighted by molar-refractivity contribution is 0.0506. The van der Waals surface area contributed by atoms with E-state index >= 15 is 0 Å². The number of fused-ring (bicyclic) bond motifs is 2. The van der Waals surface area contributed by atoms with Crippen molar-refractivity contribution in [2.24, 2.45) is 5.92 Å². The van der Waals surface area contributed by atoms with Gasteiger partial charge in [0.15, 0.2) is 0 Å². The van der Waals surface area contributed by atoms with E-state index in [2.05, 4.69) is 4.98 Å². The van der Waals surface area contributed by atoms with E-state index in [9.17, 15) is 15.0 Å². The molecule has 0 saturated carbocycles. The maximum absolute atomic E-state index is 11.2. The van der Waals surface area contributed by atoms with Crippen LogP contribution in [0.25, 0.3) is 10.9 Å². The molecule has 6 nitrogen and oxygen atoms in total. The van der Waals surface area contributed by atoms with Crippen molar-refractivity contribution in [3.63, 3.8) is 0 Å². The minimum atomic E-state index is -0.971. The Morgan fingerprint density at radius 2 is 1.91 bits per heavy atom. The number of aromatic nitrogens is 1. The zero-order valence-electron chi connectivity index (χ0n) is 17.1. The van der Waals surface area contributed by atoms with Crippen molar-refractivity contribution in [2.45, 2.75) is 12.5 Å². The molecule has 0 amide bonds. The lowest BCUT2D eigenvalue weighted by Gasteiger charge is -2.30. The first-order valence-corrected chi connectivity index (χ1v) is 10.4. The summed E-state index contributed by atoms with van der Waals surface area (Å²) in [7, 11) is 0. The van der Waals surface area contributed by atoms with Crippen LogP contribution >= 0.6 is 0 Å². The summed E-state index contributed by atoms with van der Waals surface area (Å²) in [5.74, 6) is 0.466. The Balaban J connectivity index is 1.36. The lowest BCUT2D eigenvalue weighted by atomic mass is 9.88. The Morgan fingerprint density at radius 1 is 1.03 bits per heavy atom. The van der Waals surface area contributed by atoms with E-state index in [4.69, 9.17) is 9.47 Å². The van der Waals surface area contributed by atoms with Gasteiger partial charge in [0.1, 0.15) is 11.5 Å². The van der Waals surface area contributed by atoms with Gasteiger partial charge >= 0.3 is 5.97 Å². The number of carboxylic acid groups (broad SMARTS) is 1. The monoisotopic (exact) mass is 427 g/mol. The molecular formula is C26H21NO5. The number of ether oxygens (including phenoxy) is 2. The highest BCUT2D eigenvalue weighted by molar-refractivity contribution is 5.87. The van der Waals surface area contributed by atoms with Crippen LogP contribution in [-0.4, -0.2) is 27.8 Å². The van der Waals surface area contributed by atoms with Gasteiger partial charge in [-0.3, -0.25) is 0 Å². The predicted molar refractivity (Wildman–Crippen MR) is 119 cm³/mol. The van der Waals surface area contributed by atoms with Crippen LogP contribution in [0.5, 0.6) is 17.4 Å². The normalized spacial score (nSPS) is 17.4. The molecule has 0 saturated heterocycles. The second-order valence-corrected chi connectivity index (χ2v) is 7.87. The average molecular weight is 427 g/mol. The molecule has 0 radical (unpaired) electrons. The number of aliphatic hydroxyl groups excluding tert-OH is 1. The summed E-state index contributed by atoms with van der Waals surface area (Å²) in [6.45, 7) is 0.345. The molecule has 4 aromatic rings. The number of carbonyl (C=O) groups is 1. The van der Waals surface area contributed by atoms with Crippen LogP contribution in [0.15, 0.2) is 78.9 Å². The number of benzene rings is 3. The predicted octanol–water partition coefficient (Wildman–Crippen LogP) is 5.01. The molecule has 2 heterocycles. The third-order valence-electron chi connectivity index (χ3n) is 5.67. The van der Waals surface area contributed by atoms with Crippen molar-refractivity contribution in [1.82, 2.24) is 4.98 Å². The highest BCUT2D eigenvalue weighted by Crippen LogP contribution is 2.39. The Morgan fingerprint density at radius 3 is 2.78 bits per heavy atom. The fraction of sp³-hybridized carbons (Fsp3) is 0.154. The average Bonchev–Trinajstić information content (AvgIpc) is 2.81. The molecule has 1 aliphatic heterocycles. The van der Waals surface area contributed by atoms with Crippen LogP contribution < -0.4 is 9.47 Å². The zero-order valence-corrected chi connectivity index (χ0v) is 17.1. The third-order valence-corrected chi connectivity index (χ3v) is 5.67. The van der Waals surface area contributed by atoms with Gasteiger partial charge in [-0.25, -0.2) is 9.78 Å². The number of nitrogens with zero attached hydrogens (tertiary/aromatic N) is 1. The van der Waals surface area contributed by atoms with E-state index in [0.29, 0.717) is 36.0 Å². The van der Waals surface area contributed by atoms with Gasteiger partial charge < -0.3 is 19.7 Å². The minimum absolute atomic E-state index is 0.208. The molecular weight excluding hydrogens is 406 g/mol. The molecule has 32 heavy (non-hydrogen) atoms. The van der Waals surface area contributed by atoms with Crippen LogP contribution in [-0.2, 0) is 6.42 Å². The molecule has 6 heteroatoms. The van der Waals surface area contributed by atoms with Crippen molar-refractivity contribution >= 4 is 16.9 Å². The molecule has 3 aromatic carbocycles. The first kappa shape index (κ1) is 20.0. The highest BCUT2D eigenvalue weighted by atomic mass is 16.5. The third kappa shape index (κ3) is 4.00. The van der Waals surface area contributed by atoms with Crippen LogP contribution in [0.1, 0.15) is 27.6 Å². The molecule has 2 atom stereocenters. The maximum Gasteiger partial charge on any atom is 0.335 e. The number of carboxylic acids is 1. The number of rotatable bonds is 5. The fourth-order valence-corrected chi connectivity index (χ4v) is 4.02. The summed E-state index contributed by atoms with van der Waals surface area (Å²) in [6.07, 6.45) is -0.265. The Bertz CT molecular complexity index is 1300. The highest BCUT2D eigenvalue weighted by Gasteiger charge is 2.30. The number of pyridine rings is 1. The molecule has 2 unspecified atom stereocenters. The van der Waals surface area contributed by atoms with Crippen molar-refractivity contribution in [1.29, 1.82) is 0 Å². The van der Waals surface area contributed by atoms with Crippen LogP contribution in [0, 0.1) is 5.92 Å². The van der Waals surface area contributed by atoms with Crippen molar-refractivity contribution < 1.29 is 24.5 Å². The van der Waals surface area contributed by atoms with E-state index in [1.807, 2.05) is 42.5 Å². The standard InChI is InChI=1S/C26H21NO5/c28-25-19(13-16-4-3-6-18(12-16)26(29)30)15-31-23-10-9-20(14-21(23)25)32-24-11-8-17-5-1-2-7-22(17)27-24/h1-12,14,19,25,28H,13,15H2,(H,29,30). The van der Waals surface area contributed by atoms with Crippen LogP contribution in [0.4, 0.5) is 0 Å². The Labute approximate surface area is 184 Å². The molecule has 0 spiro atoms. The van der Waals surface area contributed by atoms with Gasteiger partial charge in [-0.15, -0.1) is 0 Å². The Hall–Kier alpha value is -3.90. The van der Waals surface area contributed by atoms with Gasteiger partial charge in [0.05, 0.1) is 23.8 Å². The summed E-state index contributed by atoms with van der Waals surface area (Å²) >= 11 is 0. The number of aliphatic hydroxyl groups is 1. The first-order valence-electron chi connectivity index (χ1n) is 10.4. The molecule has 5 rings (SSSR count). The molecule has 2 N–H and O–H groups in total.